The van der Waals surface area contributed by atoms with Crippen molar-refractivity contribution in [1.82, 2.24) is 5.32 Å². The average Bonchev–Trinajstić information content (AvgIpc) is 1.85. The van der Waals surface area contributed by atoms with E-state index in [1.54, 1.807) is 7.05 Å². The van der Waals surface area contributed by atoms with Crippen molar-refractivity contribution in [3.63, 3.8) is 0 Å². The molecule has 0 aliphatic rings. The van der Waals surface area contributed by atoms with E-state index in [0.717, 1.165) is 0 Å². The lowest BCUT2D eigenvalue weighted by Crippen LogP contribution is -2.18. The van der Waals surface area contributed by atoms with Crippen molar-refractivity contribution < 1.29 is 4.39 Å². The Labute approximate surface area is 62.3 Å². The number of alkyl halides is 1. The smallest absolute Gasteiger partial charge is 0.116 e. The molecule has 0 fully saturated rings. The Morgan fingerprint density at radius 1 is 1.60 bits per heavy atom. The van der Waals surface area contributed by atoms with Crippen LogP contribution in [0.25, 0.3) is 0 Å². The van der Waals surface area contributed by atoms with E-state index in [1.165, 1.54) is 5.57 Å². The second kappa shape index (κ2) is 5.42. The van der Waals surface area contributed by atoms with Gasteiger partial charge in [-0.1, -0.05) is 11.6 Å². The molecule has 0 unspecified atom stereocenters. The lowest BCUT2D eigenvalue weighted by Gasteiger charge is -2.02. The highest BCUT2D eigenvalue weighted by Crippen LogP contribution is 2.00. The maximum Gasteiger partial charge on any atom is 0.116 e. The van der Waals surface area contributed by atoms with Gasteiger partial charge in [0.15, 0.2) is 0 Å². The molecule has 0 heterocycles. The molecule has 0 aliphatic carbocycles. The maximum absolute atomic E-state index is 12.7. The van der Waals surface area contributed by atoms with E-state index < -0.39 is 6.17 Å². The first kappa shape index (κ1) is 9.63. The molecule has 0 aromatic carbocycles. The van der Waals surface area contributed by atoms with Crippen LogP contribution in [0.1, 0.15) is 20.3 Å². The van der Waals surface area contributed by atoms with Crippen LogP contribution in [0, 0.1) is 0 Å². The van der Waals surface area contributed by atoms with Crippen LogP contribution in [0.15, 0.2) is 11.6 Å². The topological polar surface area (TPSA) is 12.0 Å². The van der Waals surface area contributed by atoms with Crippen molar-refractivity contribution in [2.45, 2.75) is 26.4 Å². The zero-order valence-electron chi connectivity index (χ0n) is 6.95. The van der Waals surface area contributed by atoms with Gasteiger partial charge in [-0.3, -0.25) is 0 Å². The van der Waals surface area contributed by atoms with Gasteiger partial charge in [-0.05, 0) is 27.3 Å². The molecule has 0 saturated heterocycles. The quantitative estimate of drug-likeness (QED) is 0.596. The van der Waals surface area contributed by atoms with E-state index in [9.17, 15) is 4.39 Å². The minimum Gasteiger partial charge on any atom is -0.317 e. The Morgan fingerprint density at radius 3 is 2.60 bits per heavy atom. The molecule has 1 nitrogen and oxygen atoms in total. The third-order valence-corrected chi connectivity index (χ3v) is 1.21. The van der Waals surface area contributed by atoms with Gasteiger partial charge in [-0.15, -0.1) is 0 Å². The summed E-state index contributed by atoms with van der Waals surface area (Å²) in [6.07, 6.45) is 1.71. The van der Waals surface area contributed by atoms with Crippen molar-refractivity contribution in [3.05, 3.63) is 11.6 Å². The van der Waals surface area contributed by atoms with Gasteiger partial charge in [-0.25, -0.2) is 4.39 Å². The van der Waals surface area contributed by atoms with E-state index in [0.29, 0.717) is 13.0 Å². The van der Waals surface area contributed by atoms with Gasteiger partial charge in [0.2, 0.25) is 0 Å². The van der Waals surface area contributed by atoms with Gasteiger partial charge in [0.05, 0.1) is 0 Å². The third-order valence-electron chi connectivity index (χ3n) is 1.21. The van der Waals surface area contributed by atoms with Gasteiger partial charge in [0.1, 0.15) is 6.17 Å². The summed E-state index contributed by atoms with van der Waals surface area (Å²) >= 11 is 0. The Bertz CT molecular complexity index is 106. The van der Waals surface area contributed by atoms with Crippen LogP contribution < -0.4 is 5.32 Å². The van der Waals surface area contributed by atoms with Crippen LogP contribution in [0.4, 0.5) is 4.39 Å². The zero-order valence-corrected chi connectivity index (χ0v) is 6.95. The average molecular weight is 145 g/mol. The molecule has 0 saturated carbocycles. The van der Waals surface area contributed by atoms with E-state index in [1.807, 2.05) is 19.9 Å². The lowest BCUT2D eigenvalue weighted by molar-refractivity contribution is 0.328. The molecule has 0 radical (unpaired) electrons. The van der Waals surface area contributed by atoms with Gasteiger partial charge in [0, 0.05) is 6.54 Å². The molecular weight excluding hydrogens is 129 g/mol. The number of rotatable bonds is 4. The molecule has 0 bridgehead atoms. The van der Waals surface area contributed by atoms with Crippen LogP contribution >= 0.6 is 0 Å². The van der Waals surface area contributed by atoms with Gasteiger partial charge in [0.25, 0.3) is 0 Å². The van der Waals surface area contributed by atoms with Crippen molar-refractivity contribution in [2.24, 2.45) is 0 Å². The van der Waals surface area contributed by atoms with Crippen LogP contribution in [0.5, 0.6) is 0 Å². The van der Waals surface area contributed by atoms with Crippen molar-refractivity contribution in [1.29, 1.82) is 0 Å². The summed E-state index contributed by atoms with van der Waals surface area (Å²) < 4.78 is 12.7. The fourth-order valence-corrected chi connectivity index (χ4v) is 0.668. The summed E-state index contributed by atoms with van der Waals surface area (Å²) in [5.41, 5.74) is 1.18. The van der Waals surface area contributed by atoms with Crippen LogP contribution in [-0.4, -0.2) is 19.8 Å². The molecule has 0 spiro atoms. The molecular formula is C8H16FN. The van der Waals surface area contributed by atoms with Crippen LogP contribution in [0.2, 0.25) is 0 Å². The summed E-state index contributed by atoms with van der Waals surface area (Å²) in [7, 11) is 1.76. The molecule has 1 N–H and O–H groups in total. The first-order valence-electron chi connectivity index (χ1n) is 3.59. The number of hydrogen-bond donors (Lipinski definition) is 1. The fourth-order valence-electron chi connectivity index (χ4n) is 0.668. The molecule has 0 aromatic heterocycles. The largest absolute Gasteiger partial charge is 0.317 e. The van der Waals surface area contributed by atoms with Gasteiger partial charge < -0.3 is 5.32 Å². The van der Waals surface area contributed by atoms with Crippen LogP contribution in [0.3, 0.4) is 0 Å². The molecule has 10 heavy (non-hydrogen) atoms. The fraction of sp³-hybridized carbons (Fsp3) is 0.750. The summed E-state index contributed by atoms with van der Waals surface area (Å²) in [5, 5.41) is 2.79. The predicted molar refractivity (Wildman–Crippen MR) is 42.9 cm³/mol. The molecule has 0 rings (SSSR count). The first-order valence-corrected chi connectivity index (χ1v) is 3.59. The minimum absolute atomic E-state index is 0.448. The highest BCUT2D eigenvalue weighted by molar-refractivity contribution is 4.94. The molecule has 2 heteroatoms. The molecule has 60 valence electrons. The highest BCUT2D eigenvalue weighted by atomic mass is 19.1. The van der Waals surface area contributed by atoms with E-state index >= 15 is 0 Å². The zero-order chi connectivity index (χ0) is 7.98. The SMILES string of the molecule is CNC[C@H](F)CC=C(C)C. The van der Waals surface area contributed by atoms with Crippen molar-refractivity contribution in [2.75, 3.05) is 13.6 Å². The number of hydrogen-bond acceptors (Lipinski definition) is 1. The highest BCUT2D eigenvalue weighted by Gasteiger charge is 2.00. The summed E-state index contributed by atoms with van der Waals surface area (Å²) in [5.74, 6) is 0. The van der Waals surface area contributed by atoms with Gasteiger partial charge >= 0.3 is 0 Å². The number of allylic oxidation sites excluding steroid dienone is 2. The standard InChI is InChI=1S/C8H16FN/c1-7(2)4-5-8(9)6-10-3/h4,8,10H,5-6H2,1-3H3/t8-/m1/s1. The first-order chi connectivity index (χ1) is 4.66. The van der Waals surface area contributed by atoms with E-state index in [-0.39, 0.29) is 0 Å². The normalized spacial score (nSPS) is 12.8. The third kappa shape index (κ3) is 5.76. The Morgan fingerprint density at radius 2 is 2.20 bits per heavy atom. The lowest BCUT2D eigenvalue weighted by atomic mass is 10.2. The van der Waals surface area contributed by atoms with Gasteiger partial charge in [-0.2, -0.15) is 0 Å². The minimum atomic E-state index is -0.736. The number of halogens is 1. The monoisotopic (exact) mass is 145 g/mol. The summed E-state index contributed by atoms with van der Waals surface area (Å²) in [4.78, 5) is 0. The van der Waals surface area contributed by atoms with E-state index in [2.05, 4.69) is 5.32 Å². The Kier molecular flexibility index (Phi) is 5.22. The molecule has 0 amide bonds. The second-order valence-corrected chi connectivity index (χ2v) is 2.67. The van der Waals surface area contributed by atoms with Crippen molar-refractivity contribution in [3.8, 4) is 0 Å². The molecule has 1 atom stereocenters. The van der Waals surface area contributed by atoms with Crippen molar-refractivity contribution >= 4 is 0 Å². The number of nitrogens with one attached hydrogen (secondary N) is 1. The molecule has 0 aromatic rings. The summed E-state index contributed by atoms with van der Waals surface area (Å²) in [6, 6.07) is 0. The summed E-state index contributed by atoms with van der Waals surface area (Å²) in [6.45, 7) is 4.40. The van der Waals surface area contributed by atoms with E-state index in [4.69, 9.17) is 0 Å². The molecule has 0 aliphatic heterocycles. The second-order valence-electron chi connectivity index (χ2n) is 2.67. The maximum atomic E-state index is 12.7. The predicted octanol–water partition coefficient (Wildman–Crippen LogP) is 1.90. The van der Waals surface area contributed by atoms with Crippen LogP contribution in [-0.2, 0) is 0 Å². The Hall–Kier alpha value is -0.370. The Balaban J connectivity index is 3.38.